The van der Waals surface area contributed by atoms with Crippen LogP contribution in [0.25, 0.3) is 0 Å². The molecule has 6 heteroatoms. The Morgan fingerprint density at radius 1 is 1.33 bits per heavy atom. The minimum atomic E-state index is -3.53. The fourth-order valence-corrected chi connectivity index (χ4v) is 3.99. The molecular weight excluding hydrogens is 313 g/mol. The van der Waals surface area contributed by atoms with Crippen LogP contribution in [0.15, 0.2) is 23.1 Å². The molecule has 0 bridgehead atoms. The number of sulfone groups is 1. The predicted molar refractivity (Wildman–Crippen MR) is 85.0 cm³/mol. The molecular formula is C15H23ClFNO2S. The van der Waals surface area contributed by atoms with E-state index in [1.807, 2.05) is 27.7 Å². The molecule has 0 fully saturated rings. The average Bonchev–Trinajstić information content (AvgIpc) is 2.36. The van der Waals surface area contributed by atoms with Gasteiger partial charge in [0.15, 0.2) is 9.84 Å². The summed E-state index contributed by atoms with van der Waals surface area (Å²) in [5, 5.41) is 3.10. The van der Waals surface area contributed by atoms with Crippen LogP contribution in [0.2, 0.25) is 5.02 Å². The minimum Gasteiger partial charge on any atom is -0.312 e. The van der Waals surface area contributed by atoms with Crippen molar-refractivity contribution >= 4 is 21.4 Å². The summed E-state index contributed by atoms with van der Waals surface area (Å²) in [4.78, 5) is 0.0569. The Labute approximate surface area is 131 Å². The van der Waals surface area contributed by atoms with Crippen LogP contribution >= 0.6 is 11.6 Å². The van der Waals surface area contributed by atoms with Gasteiger partial charge in [-0.2, -0.15) is 0 Å². The highest BCUT2D eigenvalue weighted by Crippen LogP contribution is 2.25. The number of hydrogen-bond donors (Lipinski definition) is 1. The van der Waals surface area contributed by atoms with Crippen molar-refractivity contribution in [2.45, 2.75) is 45.1 Å². The van der Waals surface area contributed by atoms with E-state index < -0.39 is 15.7 Å². The van der Waals surface area contributed by atoms with Crippen molar-refractivity contribution in [2.75, 3.05) is 12.3 Å². The zero-order valence-corrected chi connectivity index (χ0v) is 14.5. The smallest absolute Gasteiger partial charge is 0.179 e. The lowest BCUT2D eigenvalue weighted by Gasteiger charge is -2.31. The topological polar surface area (TPSA) is 46.2 Å². The Balaban J connectivity index is 3.02. The van der Waals surface area contributed by atoms with E-state index in [1.165, 1.54) is 12.1 Å². The van der Waals surface area contributed by atoms with Crippen LogP contribution in [-0.2, 0) is 9.84 Å². The van der Waals surface area contributed by atoms with E-state index in [0.717, 1.165) is 19.0 Å². The second-order valence-corrected chi connectivity index (χ2v) is 8.67. The second kappa shape index (κ2) is 7.07. The molecule has 1 aromatic rings. The molecule has 0 aliphatic carbocycles. The maximum Gasteiger partial charge on any atom is 0.179 e. The maximum absolute atomic E-state index is 13.2. The first-order valence-corrected chi connectivity index (χ1v) is 9.02. The number of hydrogen-bond acceptors (Lipinski definition) is 3. The van der Waals surface area contributed by atoms with Crippen molar-refractivity contribution in [3.05, 3.63) is 29.0 Å². The lowest BCUT2D eigenvalue weighted by molar-refractivity contribution is 0.288. The summed E-state index contributed by atoms with van der Waals surface area (Å²) in [6, 6.07) is 3.33. The number of benzene rings is 1. The van der Waals surface area contributed by atoms with Crippen molar-refractivity contribution in [3.8, 4) is 0 Å². The van der Waals surface area contributed by atoms with Gasteiger partial charge in [-0.1, -0.05) is 39.3 Å². The van der Waals surface area contributed by atoms with Crippen LogP contribution < -0.4 is 5.32 Å². The predicted octanol–water partition coefficient (Wildman–Crippen LogP) is 3.67. The van der Waals surface area contributed by atoms with Crippen molar-refractivity contribution in [1.29, 1.82) is 0 Å². The van der Waals surface area contributed by atoms with Crippen LogP contribution in [0.4, 0.5) is 4.39 Å². The van der Waals surface area contributed by atoms with Crippen molar-refractivity contribution < 1.29 is 12.8 Å². The molecule has 0 amide bonds. The van der Waals surface area contributed by atoms with Gasteiger partial charge < -0.3 is 5.32 Å². The standard InChI is InChI=1S/C15H23ClFNO2S/c1-5-8-18-14(15(2,3)4)10-21(19,20)11-6-7-13(17)12(16)9-11/h6-7,9,14,18H,5,8,10H2,1-4H3. The third-order valence-electron chi connectivity index (χ3n) is 3.32. The monoisotopic (exact) mass is 335 g/mol. The van der Waals surface area contributed by atoms with E-state index in [-0.39, 0.29) is 27.1 Å². The first-order chi connectivity index (χ1) is 9.58. The molecule has 0 saturated carbocycles. The Kier molecular flexibility index (Phi) is 6.20. The second-order valence-electron chi connectivity index (χ2n) is 6.23. The van der Waals surface area contributed by atoms with Crippen LogP contribution in [0, 0.1) is 11.2 Å². The fourth-order valence-electron chi connectivity index (χ4n) is 1.92. The van der Waals surface area contributed by atoms with E-state index >= 15 is 0 Å². The van der Waals surface area contributed by atoms with Crippen molar-refractivity contribution in [1.82, 2.24) is 5.32 Å². The van der Waals surface area contributed by atoms with Crippen LogP contribution in [0.5, 0.6) is 0 Å². The number of nitrogens with one attached hydrogen (secondary N) is 1. The third-order valence-corrected chi connectivity index (χ3v) is 5.36. The fraction of sp³-hybridized carbons (Fsp3) is 0.600. The molecule has 1 atom stereocenters. The summed E-state index contributed by atoms with van der Waals surface area (Å²) in [5.74, 6) is -0.662. The third kappa shape index (κ3) is 5.24. The van der Waals surface area contributed by atoms with Crippen molar-refractivity contribution in [3.63, 3.8) is 0 Å². The van der Waals surface area contributed by atoms with E-state index in [4.69, 9.17) is 11.6 Å². The molecule has 120 valence electrons. The molecule has 21 heavy (non-hydrogen) atoms. The van der Waals surface area contributed by atoms with Crippen molar-refractivity contribution in [2.24, 2.45) is 5.41 Å². The summed E-state index contributed by atoms with van der Waals surface area (Å²) < 4.78 is 38.2. The lowest BCUT2D eigenvalue weighted by Crippen LogP contribution is -2.45. The zero-order valence-electron chi connectivity index (χ0n) is 12.9. The zero-order chi connectivity index (χ0) is 16.3. The molecule has 0 radical (unpaired) electrons. The quantitative estimate of drug-likeness (QED) is 0.807. The Bertz CT molecular complexity index is 582. The minimum absolute atomic E-state index is 0.0432. The molecule has 0 aromatic heterocycles. The summed E-state index contributed by atoms with van der Waals surface area (Å²) in [5.41, 5.74) is -0.202. The van der Waals surface area contributed by atoms with Gasteiger partial charge in [-0.05, 0) is 36.6 Å². The van der Waals surface area contributed by atoms with Gasteiger partial charge in [0.2, 0.25) is 0 Å². The normalized spacial score (nSPS) is 14.2. The molecule has 1 N–H and O–H groups in total. The first-order valence-electron chi connectivity index (χ1n) is 6.99. The molecule has 1 aromatic carbocycles. The molecule has 0 spiro atoms. The highest BCUT2D eigenvalue weighted by molar-refractivity contribution is 7.91. The van der Waals surface area contributed by atoms with Crippen LogP contribution in [0.1, 0.15) is 34.1 Å². The van der Waals surface area contributed by atoms with E-state index in [9.17, 15) is 12.8 Å². The van der Waals surface area contributed by atoms with Gasteiger partial charge >= 0.3 is 0 Å². The van der Waals surface area contributed by atoms with E-state index in [2.05, 4.69) is 5.32 Å². The van der Waals surface area contributed by atoms with Gasteiger partial charge in [0.05, 0.1) is 15.7 Å². The van der Waals surface area contributed by atoms with Gasteiger partial charge in [-0.15, -0.1) is 0 Å². The number of halogens is 2. The molecule has 3 nitrogen and oxygen atoms in total. The average molecular weight is 336 g/mol. The number of rotatable bonds is 6. The molecule has 0 saturated heterocycles. The molecule has 0 aliphatic heterocycles. The Hall–Kier alpha value is -0.650. The van der Waals surface area contributed by atoms with E-state index in [1.54, 1.807) is 0 Å². The highest BCUT2D eigenvalue weighted by atomic mass is 35.5. The summed E-state index contributed by atoms with van der Waals surface area (Å²) >= 11 is 5.67. The van der Waals surface area contributed by atoms with Gasteiger partial charge in [0.25, 0.3) is 0 Å². The van der Waals surface area contributed by atoms with Gasteiger partial charge in [-0.3, -0.25) is 0 Å². The molecule has 1 unspecified atom stereocenters. The Morgan fingerprint density at radius 3 is 2.43 bits per heavy atom. The van der Waals surface area contributed by atoms with Crippen LogP contribution in [-0.4, -0.2) is 26.8 Å². The summed E-state index contributed by atoms with van der Waals surface area (Å²) in [6.45, 7) is 8.76. The Morgan fingerprint density at radius 2 is 1.95 bits per heavy atom. The SMILES string of the molecule is CCCNC(CS(=O)(=O)c1ccc(F)c(Cl)c1)C(C)(C)C. The summed E-state index contributed by atoms with van der Waals surface area (Å²) in [7, 11) is -3.53. The van der Waals surface area contributed by atoms with E-state index in [0.29, 0.717) is 0 Å². The first kappa shape index (κ1) is 18.4. The maximum atomic E-state index is 13.2. The van der Waals surface area contributed by atoms with Gasteiger partial charge in [-0.25, -0.2) is 12.8 Å². The van der Waals surface area contributed by atoms with Gasteiger partial charge in [0.1, 0.15) is 5.82 Å². The van der Waals surface area contributed by atoms with Crippen LogP contribution in [0.3, 0.4) is 0 Å². The molecule has 0 aliphatic rings. The summed E-state index contributed by atoms with van der Waals surface area (Å²) in [6.07, 6.45) is 0.926. The molecule has 0 heterocycles. The highest BCUT2D eigenvalue weighted by Gasteiger charge is 2.30. The van der Waals surface area contributed by atoms with Gasteiger partial charge in [0, 0.05) is 6.04 Å². The lowest BCUT2D eigenvalue weighted by atomic mass is 9.88. The molecule has 1 rings (SSSR count). The largest absolute Gasteiger partial charge is 0.312 e.